The molecule has 1 aliphatic rings. The zero-order valence-electron chi connectivity index (χ0n) is 17.7. The number of hydrogen-bond donors (Lipinski definition) is 2. The number of para-hydroxylation sites is 1. The zero-order chi connectivity index (χ0) is 21.3. The van der Waals surface area contributed by atoms with Gasteiger partial charge in [-0.15, -0.1) is 0 Å². The quantitative estimate of drug-likeness (QED) is 0.597. The summed E-state index contributed by atoms with van der Waals surface area (Å²) in [7, 11) is 0. The van der Waals surface area contributed by atoms with Crippen molar-refractivity contribution >= 4 is 11.8 Å². The highest BCUT2D eigenvalue weighted by Crippen LogP contribution is 2.22. The minimum absolute atomic E-state index is 0.0251. The molecule has 0 saturated heterocycles. The monoisotopic (exact) mass is 410 g/mol. The Morgan fingerprint density at radius 3 is 2.33 bits per heavy atom. The molecule has 3 rings (SSSR count). The van der Waals surface area contributed by atoms with Gasteiger partial charge in [0.15, 0.2) is 6.61 Å². The van der Waals surface area contributed by atoms with Crippen molar-refractivity contribution in [2.75, 3.05) is 19.8 Å². The van der Waals surface area contributed by atoms with Gasteiger partial charge in [0.05, 0.1) is 13.0 Å². The number of hydrogen-bond acceptors (Lipinski definition) is 4. The molecule has 2 N–H and O–H groups in total. The molecule has 0 bridgehead atoms. The SMILES string of the molecule is Cc1cccc(C)c1OCCC(=O)NCCc1ccc(OCC(=O)NC2CC2)cc1. The lowest BCUT2D eigenvalue weighted by molar-refractivity contribution is -0.123. The minimum atomic E-state index is -0.0779. The van der Waals surface area contributed by atoms with Crippen molar-refractivity contribution in [2.45, 2.75) is 45.6 Å². The van der Waals surface area contributed by atoms with Crippen LogP contribution in [0.25, 0.3) is 0 Å². The molecule has 0 atom stereocenters. The molecule has 0 heterocycles. The van der Waals surface area contributed by atoms with Gasteiger partial charge in [0.25, 0.3) is 5.91 Å². The molecule has 2 aromatic carbocycles. The Balaban J connectivity index is 1.30. The van der Waals surface area contributed by atoms with E-state index in [0.29, 0.717) is 31.4 Å². The van der Waals surface area contributed by atoms with Crippen LogP contribution in [0, 0.1) is 13.8 Å². The number of amides is 2. The van der Waals surface area contributed by atoms with Gasteiger partial charge in [-0.1, -0.05) is 30.3 Å². The van der Waals surface area contributed by atoms with Gasteiger partial charge >= 0.3 is 0 Å². The first-order valence-electron chi connectivity index (χ1n) is 10.5. The second-order valence-electron chi connectivity index (χ2n) is 7.69. The van der Waals surface area contributed by atoms with E-state index in [1.54, 1.807) is 0 Å². The standard InChI is InChI=1S/C24H30N2O4/c1-17-4-3-5-18(2)24(17)29-15-13-22(27)25-14-12-19-6-10-21(11-7-19)30-16-23(28)26-20-8-9-20/h3-7,10-11,20H,8-9,12-16H2,1-2H3,(H,25,27)(H,26,28). The largest absolute Gasteiger partial charge is 0.493 e. The van der Waals surface area contributed by atoms with E-state index in [1.807, 2.05) is 56.3 Å². The summed E-state index contributed by atoms with van der Waals surface area (Å²) in [5, 5.41) is 5.81. The second-order valence-corrected chi connectivity index (χ2v) is 7.69. The third-order valence-corrected chi connectivity index (χ3v) is 4.96. The van der Waals surface area contributed by atoms with Gasteiger partial charge in [-0.2, -0.15) is 0 Å². The summed E-state index contributed by atoms with van der Waals surface area (Å²) in [6.45, 7) is 4.96. The summed E-state index contributed by atoms with van der Waals surface area (Å²) in [5.74, 6) is 1.42. The third-order valence-electron chi connectivity index (χ3n) is 4.96. The van der Waals surface area contributed by atoms with E-state index in [-0.39, 0.29) is 18.4 Å². The van der Waals surface area contributed by atoms with E-state index in [4.69, 9.17) is 9.47 Å². The van der Waals surface area contributed by atoms with Crippen LogP contribution in [0.5, 0.6) is 11.5 Å². The number of benzene rings is 2. The Labute approximate surface area is 178 Å². The fourth-order valence-corrected chi connectivity index (χ4v) is 3.11. The van der Waals surface area contributed by atoms with Crippen LogP contribution in [-0.2, 0) is 16.0 Å². The molecule has 0 aromatic heterocycles. The molecule has 1 fully saturated rings. The smallest absolute Gasteiger partial charge is 0.258 e. The van der Waals surface area contributed by atoms with E-state index < -0.39 is 0 Å². The van der Waals surface area contributed by atoms with Crippen molar-refractivity contribution in [1.82, 2.24) is 10.6 Å². The predicted molar refractivity (Wildman–Crippen MR) is 116 cm³/mol. The first-order chi connectivity index (χ1) is 14.5. The zero-order valence-corrected chi connectivity index (χ0v) is 17.7. The lowest BCUT2D eigenvalue weighted by atomic mass is 10.1. The Kier molecular flexibility index (Phi) is 7.71. The molecule has 30 heavy (non-hydrogen) atoms. The van der Waals surface area contributed by atoms with Crippen LogP contribution in [0.1, 0.15) is 36.0 Å². The fraction of sp³-hybridized carbons (Fsp3) is 0.417. The minimum Gasteiger partial charge on any atom is -0.493 e. The normalized spacial score (nSPS) is 12.9. The average molecular weight is 411 g/mol. The van der Waals surface area contributed by atoms with Crippen molar-refractivity contribution in [3.63, 3.8) is 0 Å². The highest BCUT2D eigenvalue weighted by Gasteiger charge is 2.23. The summed E-state index contributed by atoms with van der Waals surface area (Å²) in [6.07, 6.45) is 3.18. The van der Waals surface area contributed by atoms with Gasteiger partial charge in [0.2, 0.25) is 5.91 Å². The first-order valence-corrected chi connectivity index (χ1v) is 10.5. The van der Waals surface area contributed by atoms with Crippen LogP contribution >= 0.6 is 0 Å². The van der Waals surface area contributed by atoms with E-state index in [9.17, 15) is 9.59 Å². The maximum Gasteiger partial charge on any atom is 0.258 e. The Morgan fingerprint density at radius 1 is 0.967 bits per heavy atom. The molecule has 160 valence electrons. The van der Waals surface area contributed by atoms with Gasteiger partial charge in [-0.05, 0) is 61.9 Å². The number of carbonyl (C=O) groups excluding carboxylic acids is 2. The molecule has 0 unspecified atom stereocenters. The van der Waals surface area contributed by atoms with Crippen LogP contribution in [0.3, 0.4) is 0 Å². The topological polar surface area (TPSA) is 76.7 Å². The van der Waals surface area contributed by atoms with E-state index in [1.165, 1.54) is 0 Å². The molecule has 0 aliphatic heterocycles. The number of nitrogens with one attached hydrogen (secondary N) is 2. The van der Waals surface area contributed by atoms with Gasteiger partial charge in [0, 0.05) is 12.6 Å². The summed E-state index contributed by atoms with van der Waals surface area (Å²) in [4.78, 5) is 23.7. The molecule has 2 aromatic rings. The van der Waals surface area contributed by atoms with Crippen molar-refractivity contribution in [1.29, 1.82) is 0 Å². The maximum absolute atomic E-state index is 12.0. The Hall–Kier alpha value is -3.02. The van der Waals surface area contributed by atoms with Crippen LogP contribution < -0.4 is 20.1 Å². The van der Waals surface area contributed by atoms with Gasteiger partial charge in [0.1, 0.15) is 11.5 Å². The van der Waals surface area contributed by atoms with Crippen LogP contribution in [0.15, 0.2) is 42.5 Å². The number of ether oxygens (including phenoxy) is 2. The maximum atomic E-state index is 12.0. The van der Waals surface area contributed by atoms with Crippen molar-refractivity contribution in [2.24, 2.45) is 0 Å². The highest BCUT2D eigenvalue weighted by atomic mass is 16.5. The highest BCUT2D eigenvalue weighted by molar-refractivity contribution is 5.78. The molecule has 2 amide bonds. The third kappa shape index (κ3) is 7.10. The molecule has 1 aliphatic carbocycles. The Bertz CT molecular complexity index is 840. The average Bonchev–Trinajstić information content (AvgIpc) is 3.53. The lowest BCUT2D eigenvalue weighted by Gasteiger charge is -2.12. The number of aryl methyl sites for hydroxylation is 2. The summed E-state index contributed by atoms with van der Waals surface area (Å²) < 4.78 is 11.3. The molecular weight excluding hydrogens is 380 g/mol. The summed E-state index contributed by atoms with van der Waals surface area (Å²) in [5.41, 5.74) is 3.25. The molecule has 1 saturated carbocycles. The molecular formula is C24H30N2O4. The molecule has 6 heteroatoms. The first kappa shape index (κ1) is 21.7. The molecule has 6 nitrogen and oxygen atoms in total. The van der Waals surface area contributed by atoms with Crippen molar-refractivity contribution in [3.05, 3.63) is 59.2 Å². The fourth-order valence-electron chi connectivity index (χ4n) is 3.11. The van der Waals surface area contributed by atoms with Gasteiger partial charge in [-0.3, -0.25) is 9.59 Å². The van der Waals surface area contributed by atoms with E-state index in [2.05, 4.69) is 10.6 Å². The summed E-state index contributed by atoms with van der Waals surface area (Å²) in [6, 6.07) is 13.9. The second kappa shape index (κ2) is 10.7. The molecule has 0 spiro atoms. The predicted octanol–water partition coefficient (Wildman–Crippen LogP) is 3.09. The van der Waals surface area contributed by atoms with Gasteiger partial charge < -0.3 is 20.1 Å². The van der Waals surface area contributed by atoms with Crippen LogP contribution in [0.2, 0.25) is 0 Å². The number of carbonyl (C=O) groups is 2. The summed E-state index contributed by atoms with van der Waals surface area (Å²) >= 11 is 0. The van der Waals surface area contributed by atoms with Gasteiger partial charge in [-0.25, -0.2) is 0 Å². The molecule has 0 radical (unpaired) electrons. The van der Waals surface area contributed by atoms with E-state index >= 15 is 0 Å². The number of rotatable bonds is 11. The van der Waals surface area contributed by atoms with Crippen molar-refractivity contribution < 1.29 is 19.1 Å². The van der Waals surface area contributed by atoms with Crippen molar-refractivity contribution in [3.8, 4) is 11.5 Å². The van der Waals surface area contributed by atoms with Crippen LogP contribution in [-0.4, -0.2) is 37.6 Å². The van der Waals surface area contributed by atoms with E-state index in [0.717, 1.165) is 41.7 Å². The lowest BCUT2D eigenvalue weighted by Crippen LogP contribution is -2.30. The Morgan fingerprint density at radius 2 is 1.67 bits per heavy atom. The van der Waals surface area contributed by atoms with Crippen LogP contribution in [0.4, 0.5) is 0 Å².